The van der Waals surface area contributed by atoms with Gasteiger partial charge in [0.1, 0.15) is 16.6 Å². The average Bonchev–Trinajstić information content (AvgIpc) is 2.82. The van der Waals surface area contributed by atoms with Crippen LogP contribution in [0.2, 0.25) is 0 Å². The molecule has 2 aromatic rings. The zero-order valence-electron chi connectivity index (χ0n) is 9.38. The van der Waals surface area contributed by atoms with Gasteiger partial charge in [-0.2, -0.15) is 0 Å². The van der Waals surface area contributed by atoms with Gasteiger partial charge in [0, 0.05) is 0 Å². The fraction of sp³-hybridized carbons (Fsp3) is 0.167. The molecule has 0 saturated heterocycles. The van der Waals surface area contributed by atoms with Crippen LogP contribution in [-0.4, -0.2) is 9.97 Å². The van der Waals surface area contributed by atoms with Crippen molar-refractivity contribution in [3.8, 4) is 0 Å². The molecule has 0 radical (unpaired) electrons. The van der Waals surface area contributed by atoms with E-state index in [2.05, 4.69) is 10.3 Å². The lowest BCUT2D eigenvalue weighted by atomic mass is 10.2. The molecule has 2 heterocycles. The van der Waals surface area contributed by atoms with Gasteiger partial charge >= 0.3 is 0 Å². The average molecular weight is 247 g/mol. The molecule has 0 aliphatic heterocycles. The van der Waals surface area contributed by atoms with E-state index in [1.165, 1.54) is 0 Å². The van der Waals surface area contributed by atoms with Gasteiger partial charge in [0.05, 0.1) is 18.0 Å². The van der Waals surface area contributed by atoms with Gasteiger partial charge in [-0.1, -0.05) is 18.3 Å². The standard InChI is InChI=1S/C12H13N3OS/c1-8(10-5-3-7-16-10)14-11-6-2-4-9(15-11)12(13)17/h2-8H,1H3,(H2,13,17)(H,14,15). The predicted octanol–water partition coefficient (Wildman–Crippen LogP) is 2.48. The number of nitrogens with one attached hydrogen (secondary N) is 1. The van der Waals surface area contributed by atoms with Crippen LogP contribution in [-0.2, 0) is 0 Å². The number of nitrogens with two attached hydrogens (primary N) is 1. The van der Waals surface area contributed by atoms with Crippen LogP contribution < -0.4 is 11.1 Å². The highest BCUT2D eigenvalue weighted by molar-refractivity contribution is 7.80. The zero-order valence-corrected chi connectivity index (χ0v) is 10.2. The van der Waals surface area contributed by atoms with Crippen LogP contribution in [0.3, 0.4) is 0 Å². The molecule has 1 unspecified atom stereocenters. The molecular weight excluding hydrogens is 234 g/mol. The number of hydrogen-bond donors (Lipinski definition) is 2. The van der Waals surface area contributed by atoms with Gasteiger partial charge in [-0.05, 0) is 31.2 Å². The molecular formula is C12H13N3OS. The monoisotopic (exact) mass is 247 g/mol. The second-order valence-corrected chi connectivity index (χ2v) is 4.09. The molecule has 0 amide bonds. The van der Waals surface area contributed by atoms with E-state index < -0.39 is 0 Å². The van der Waals surface area contributed by atoms with Crippen LogP contribution in [0.15, 0.2) is 41.0 Å². The minimum atomic E-state index is 0.0408. The Labute approximate surface area is 105 Å². The summed E-state index contributed by atoms with van der Waals surface area (Å²) in [5.74, 6) is 1.58. The molecule has 0 aliphatic rings. The molecule has 88 valence electrons. The van der Waals surface area contributed by atoms with Gasteiger partial charge in [0.15, 0.2) is 0 Å². The summed E-state index contributed by atoms with van der Waals surface area (Å²) in [5.41, 5.74) is 6.14. The molecule has 0 aliphatic carbocycles. The summed E-state index contributed by atoms with van der Waals surface area (Å²) in [6, 6.07) is 9.31. The highest BCUT2D eigenvalue weighted by Crippen LogP contribution is 2.18. The van der Waals surface area contributed by atoms with E-state index in [1.807, 2.05) is 31.2 Å². The smallest absolute Gasteiger partial charge is 0.127 e. The first-order chi connectivity index (χ1) is 8.16. The molecule has 0 aromatic carbocycles. The maximum absolute atomic E-state index is 5.53. The number of hydrogen-bond acceptors (Lipinski definition) is 4. The molecule has 3 N–H and O–H groups in total. The van der Waals surface area contributed by atoms with E-state index in [0.29, 0.717) is 10.7 Å². The van der Waals surface area contributed by atoms with E-state index in [1.54, 1.807) is 12.3 Å². The molecule has 4 nitrogen and oxygen atoms in total. The lowest BCUT2D eigenvalue weighted by molar-refractivity contribution is 0.490. The molecule has 2 aromatic heterocycles. The van der Waals surface area contributed by atoms with Crippen molar-refractivity contribution < 1.29 is 4.42 Å². The Kier molecular flexibility index (Phi) is 3.39. The van der Waals surface area contributed by atoms with Crippen LogP contribution in [0.5, 0.6) is 0 Å². The molecule has 0 fully saturated rings. The molecule has 17 heavy (non-hydrogen) atoms. The fourth-order valence-corrected chi connectivity index (χ4v) is 1.60. The van der Waals surface area contributed by atoms with Crippen molar-refractivity contribution in [2.75, 3.05) is 5.32 Å². The minimum Gasteiger partial charge on any atom is -0.467 e. The number of thiocarbonyl (C=S) groups is 1. The van der Waals surface area contributed by atoms with Crippen molar-refractivity contribution in [3.05, 3.63) is 48.0 Å². The Bertz CT molecular complexity index is 510. The van der Waals surface area contributed by atoms with Gasteiger partial charge in [-0.3, -0.25) is 0 Å². The SMILES string of the molecule is CC(Nc1cccc(C(N)=S)n1)c1ccco1. The number of nitrogens with zero attached hydrogens (tertiary/aromatic N) is 1. The quantitative estimate of drug-likeness (QED) is 0.813. The lowest BCUT2D eigenvalue weighted by Gasteiger charge is -2.12. The summed E-state index contributed by atoms with van der Waals surface area (Å²) in [4.78, 5) is 4.59. The van der Waals surface area contributed by atoms with Crippen molar-refractivity contribution in [2.24, 2.45) is 5.73 Å². The van der Waals surface area contributed by atoms with Crippen LogP contribution in [0.25, 0.3) is 0 Å². The maximum Gasteiger partial charge on any atom is 0.127 e. The number of anilines is 1. The Morgan fingerprint density at radius 1 is 1.41 bits per heavy atom. The Hall–Kier alpha value is -1.88. The van der Waals surface area contributed by atoms with E-state index >= 15 is 0 Å². The maximum atomic E-state index is 5.53. The normalized spacial score (nSPS) is 12.1. The number of rotatable bonds is 4. The molecule has 5 heteroatoms. The van der Waals surface area contributed by atoms with E-state index in [0.717, 1.165) is 11.6 Å². The van der Waals surface area contributed by atoms with Crippen molar-refractivity contribution in [3.63, 3.8) is 0 Å². The van der Waals surface area contributed by atoms with Crippen molar-refractivity contribution in [1.29, 1.82) is 0 Å². The zero-order chi connectivity index (χ0) is 12.3. The van der Waals surface area contributed by atoms with Crippen LogP contribution in [0.4, 0.5) is 5.82 Å². The molecule has 0 bridgehead atoms. The largest absolute Gasteiger partial charge is 0.467 e. The first kappa shape index (κ1) is 11.6. The van der Waals surface area contributed by atoms with E-state index in [9.17, 15) is 0 Å². The molecule has 0 saturated carbocycles. The van der Waals surface area contributed by atoms with Gasteiger partial charge in [0.25, 0.3) is 0 Å². The summed E-state index contributed by atoms with van der Waals surface area (Å²) >= 11 is 4.88. The van der Waals surface area contributed by atoms with Gasteiger partial charge < -0.3 is 15.5 Å². The summed E-state index contributed by atoms with van der Waals surface area (Å²) in [7, 11) is 0. The summed E-state index contributed by atoms with van der Waals surface area (Å²) in [6.07, 6.45) is 1.65. The van der Waals surface area contributed by atoms with Crippen LogP contribution in [0.1, 0.15) is 24.4 Å². The number of aromatic nitrogens is 1. The first-order valence-electron chi connectivity index (χ1n) is 5.23. The van der Waals surface area contributed by atoms with Crippen molar-refractivity contribution in [2.45, 2.75) is 13.0 Å². The second kappa shape index (κ2) is 4.97. The Balaban J connectivity index is 2.13. The molecule has 0 spiro atoms. The van der Waals surface area contributed by atoms with E-state index in [-0.39, 0.29) is 6.04 Å². The minimum absolute atomic E-state index is 0.0408. The third-order valence-electron chi connectivity index (χ3n) is 2.34. The molecule has 1 atom stereocenters. The highest BCUT2D eigenvalue weighted by atomic mass is 32.1. The van der Waals surface area contributed by atoms with Gasteiger partial charge in [-0.15, -0.1) is 0 Å². The topological polar surface area (TPSA) is 64.1 Å². The van der Waals surface area contributed by atoms with Crippen molar-refractivity contribution in [1.82, 2.24) is 4.98 Å². The Morgan fingerprint density at radius 3 is 2.88 bits per heavy atom. The fourth-order valence-electron chi connectivity index (χ4n) is 1.48. The van der Waals surface area contributed by atoms with Gasteiger partial charge in [0.2, 0.25) is 0 Å². The Morgan fingerprint density at radius 2 is 2.24 bits per heavy atom. The third-order valence-corrected chi connectivity index (χ3v) is 2.55. The van der Waals surface area contributed by atoms with Crippen LogP contribution >= 0.6 is 12.2 Å². The summed E-state index contributed by atoms with van der Waals surface area (Å²) in [6.45, 7) is 1.99. The number of pyridine rings is 1. The number of furan rings is 1. The first-order valence-corrected chi connectivity index (χ1v) is 5.64. The second-order valence-electron chi connectivity index (χ2n) is 3.65. The van der Waals surface area contributed by atoms with E-state index in [4.69, 9.17) is 22.4 Å². The molecule has 2 rings (SSSR count). The third kappa shape index (κ3) is 2.82. The van der Waals surface area contributed by atoms with Crippen LogP contribution in [0, 0.1) is 0 Å². The lowest BCUT2D eigenvalue weighted by Crippen LogP contribution is -2.13. The highest BCUT2D eigenvalue weighted by Gasteiger charge is 2.09. The predicted molar refractivity (Wildman–Crippen MR) is 70.9 cm³/mol. The van der Waals surface area contributed by atoms with Gasteiger partial charge in [-0.25, -0.2) is 4.98 Å². The summed E-state index contributed by atoms with van der Waals surface area (Å²) in [5, 5.41) is 3.22. The van der Waals surface area contributed by atoms with Crippen molar-refractivity contribution >= 4 is 23.0 Å². The summed E-state index contributed by atoms with van der Waals surface area (Å²) < 4.78 is 5.30.